The molecule has 3 aromatic rings. The second kappa shape index (κ2) is 11.5. The monoisotopic (exact) mass is 446 g/mol. The molecular formula is C26H26N2O5. The summed E-state index contributed by atoms with van der Waals surface area (Å²) in [4.78, 5) is 36.2. The topological polar surface area (TPSA) is 93.7 Å². The number of benzene rings is 3. The Morgan fingerprint density at radius 2 is 1.64 bits per heavy atom. The van der Waals surface area contributed by atoms with Gasteiger partial charge in [-0.25, -0.2) is 0 Å². The fraction of sp³-hybridized carbons (Fsp3) is 0.192. The Balaban J connectivity index is 1.60. The molecule has 0 heterocycles. The summed E-state index contributed by atoms with van der Waals surface area (Å²) in [5.41, 5.74) is 2.63. The van der Waals surface area contributed by atoms with Crippen LogP contribution in [0.2, 0.25) is 0 Å². The lowest BCUT2D eigenvalue weighted by Crippen LogP contribution is -2.24. The zero-order valence-corrected chi connectivity index (χ0v) is 18.6. The van der Waals surface area contributed by atoms with Crippen molar-refractivity contribution in [2.75, 3.05) is 11.9 Å². The van der Waals surface area contributed by atoms with Crippen molar-refractivity contribution < 1.29 is 23.9 Å². The van der Waals surface area contributed by atoms with Crippen LogP contribution in [0.3, 0.4) is 0 Å². The molecular weight excluding hydrogens is 420 g/mol. The molecule has 0 atom stereocenters. The molecule has 0 aliphatic carbocycles. The smallest absolute Gasteiger partial charge is 0.308 e. The third-order valence-corrected chi connectivity index (χ3v) is 4.69. The van der Waals surface area contributed by atoms with Crippen molar-refractivity contribution in [2.24, 2.45) is 0 Å². The van der Waals surface area contributed by atoms with Crippen LogP contribution in [0.4, 0.5) is 5.69 Å². The Morgan fingerprint density at radius 3 is 2.36 bits per heavy atom. The summed E-state index contributed by atoms with van der Waals surface area (Å²) in [5, 5.41) is 5.75. The highest BCUT2D eigenvalue weighted by molar-refractivity contribution is 5.95. The average molecular weight is 447 g/mol. The second-order valence-corrected chi connectivity index (χ2v) is 7.26. The van der Waals surface area contributed by atoms with Gasteiger partial charge in [0.1, 0.15) is 11.5 Å². The summed E-state index contributed by atoms with van der Waals surface area (Å²) in [6.45, 7) is 4.02. The largest absolute Gasteiger partial charge is 0.494 e. The number of carbonyl (C=O) groups is 3. The quantitative estimate of drug-likeness (QED) is 0.381. The second-order valence-electron chi connectivity index (χ2n) is 7.26. The fourth-order valence-electron chi connectivity index (χ4n) is 3.19. The molecule has 7 nitrogen and oxygen atoms in total. The number of nitrogens with one attached hydrogen (secondary N) is 2. The molecule has 3 aromatic carbocycles. The van der Waals surface area contributed by atoms with Crippen molar-refractivity contribution in [1.29, 1.82) is 0 Å². The van der Waals surface area contributed by atoms with Crippen LogP contribution in [0.5, 0.6) is 11.5 Å². The zero-order valence-electron chi connectivity index (χ0n) is 18.6. The normalized spacial score (nSPS) is 10.2. The predicted molar refractivity (Wildman–Crippen MR) is 125 cm³/mol. The summed E-state index contributed by atoms with van der Waals surface area (Å²) < 4.78 is 10.4. The van der Waals surface area contributed by atoms with E-state index in [2.05, 4.69) is 10.6 Å². The summed E-state index contributed by atoms with van der Waals surface area (Å²) in [6, 6.07) is 21.1. The number of para-hydroxylation sites is 1. The predicted octanol–water partition coefficient (Wildman–Crippen LogP) is 4.12. The Kier molecular flexibility index (Phi) is 8.18. The Hall–Kier alpha value is -4.13. The fourth-order valence-corrected chi connectivity index (χ4v) is 3.19. The van der Waals surface area contributed by atoms with Crippen molar-refractivity contribution >= 4 is 23.5 Å². The van der Waals surface area contributed by atoms with Crippen molar-refractivity contribution in [2.45, 2.75) is 26.8 Å². The summed E-state index contributed by atoms with van der Waals surface area (Å²) in [5.74, 6) is 0.132. The standard InChI is InChI=1S/C26H26N2O5/c1-3-32-22-13-11-19(12-14-22)15-25(30)28-24-10-5-4-7-21(24)17-27-26(31)20-8-6-9-23(16-20)33-18(2)29/h4-14,16H,3,15,17H2,1-2H3,(H,27,31)(H,28,30). The van der Waals surface area contributed by atoms with Gasteiger partial charge in [0.15, 0.2) is 0 Å². The van der Waals surface area contributed by atoms with Gasteiger partial charge in [0, 0.05) is 24.7 Å². The molecule has 2 amide bonds. The first-order valence-electron chi connectivity index (χ1n) is 10.6. The van der Waals surface area contributed by atoms with E-state index >= 15 is 0 Å². The molecule has 0 saturated heterocycles. The summed E-state index contributed by atoms with van der Waals surface area (Å²) >= 11 is 0. The van der Waals surface area contributed by atoms with Crippen molar-refractivity contribution in [1.82, 2.24) is 5.32 Å². The lowest BCUT2D eigenvalue weighted by atomic mass is 10.1. The van der Waals surface area contributed by atoms with Gasteiger partial charge in [-0.3, -0.25) is 14.4 Å². The molecule has 0 radical (unpaired) electrons. The van der Waals surface area contributed by atoms with E-state index < -0.39 is 5.97 Å². The SMILES string of the molecule is CCOc1ccc(CC(=O)Nc2ccccc2CNC(=O)c2cccc(OC(C)=O)c2)cc1. The maximum atomic E-state index is 12.6. The number of rotatable bonds is 9. The van der Waals surface area contributed by atoms with Crippen LogP contribution < -0.4 is 20.1 Å². The van der Waals surface area contributed by atoms with Crippen LogP contribution in [-0.4, -0.2) is 24.4 Å². The Morgan fingerprint density at radius 1 is 0.879 bits per heavy atom. The van der Waals surface area contributed by atoms with Gasteiger partial charge in [0.25, 0.3) is 5.91 Å². The molecule has 0 aliphatic heterocycles. The number of hydrogen-bond acceptors (Lipinski definition) is 5. The minimum absolute atomic E-state index is 0.160. The molecule has 0 fully saturated rings. The van der Waals surface area contributed by atoms with Gasteiger partial charge in [-0.05, 0) is 54.4 Å². The van der Waals surface area contributed by atoms with Crippen LogP contribution in [-0.2, 0) is 22.6 Å². The molecule has 0 spiro atoms. The molecule has 0 aliphatic rings. The number of anilines is 1. The maximum Gasteiger partial charge on any atom is 0.308 e. The van der Waals surface area contributed by atoms with Crippen LogP contribution >= 0.6 is 0 Å². The van der Waals surface area contributed by atoms with Gasteiger partial charge < -0.3 is 20.1 Å². The lowest BCUT2D eigenvalue weighted by Gasteiger charge is -2.13. The van der Waals surface area contributed by atoms with E-state index in [1.807, 2.05) is 49.4 Å². The Labute approximate surface area is 192 Å². The number of hydrogen-bond donors (Lipinski definition) is 2. The highest BCUT2D eigenvalue weighted by Crippen LogP contribution is 2.18. The van der Waals surface area contributed by atoms with E-state index in [4.69, 9.17) is 9.47 Å². The molecule has 0 bridgehead atoms. The van der Waals surface area contributed by atoms with E-state index in [1.54, 1.807) is 24.3 Å². The third-order valence-electron chi connectivity index (χ3n) is 4.69. The number of carbonyl (C=O) groups excluding carboxylic acids is 3. The summed E-state index contributed by atoms with van der Waals surface area (Å²) in [7, 11) is 0. The minimum Gasteiger partial charge on any atom is -0.494 e. The molecule has 33 heavy (non-hydrogen) atoms. The van der Waals surface area contributed by atoms with Crippen molar-refractivity contribution in [3.8, 4) is 11.5 Å². The van der Waals surface area contributed by atoms with Gasteiger partial charge >= 0.3 is 5.97 Å². The van der Waals surface area contributed by atoms with Gasteiger partial charge in [0.2, 0.25) is 5.91 Å². The molecule has 7 heteroatoms. The van der Waals surface area contributed by atoms with Crippen molar-refractivity contribution in [3.05, 3.63) is 89.5 Å². The van der Waals surface area contributed by atoms with E-state index in [1.165, 1.54) is 13.0 Å². The van der Waals surface area contributed by atoms with Gasteiger partial charge in [-0.1, -0.05) is 36.4 Å². The maximum absolute atomic E-state index is 12.6. The Bertz CT molecular complexity index is 1130. The highest BCUT2D eigenvalue weighted by atomic mass is 16.5. The molecule has 2 N–H and O–H groups in total. The van der Waals surface area contributed by atoms with Crippen LogP contribution in [0, 0.1) is 0 Å². The highest BCUT2D eigenvalue weighted by Gasteiger charge is 2.11. The minimum atomic E-state index is -0.456. The van der Waals surface area contributed by atoms with E-state index in [0.29, 0.717) is 23.6 Å². The molecule has 170 valence electrons. The molecule has 3 rings (SSSR count). The third kappa shape index (κ3) is 7.21. The molecule has 0 saturated carbocycles. The average Bonchev–Trinajstić information content (AvgIpc) is 2.79. The first kappa shape index (κ1) is 23.5. The lowest BCUT2D eigenvalue weighted by molar-refractivity contribution is -0.131. The molecule has 0 unspecified atom stereocenters. The number of amides is 2. The van der Waals surface area contributed by atoms with Crippen LogP contribution in [0.1, 0.15) is 35.3 Å². The zero-order chi connectivity index (χ0) is 23.6. The number of esters is 1. The van der Waals surface area contributed by atoms with E-state index in [9.17, 15) is 14.4 Å². The molecule has 0 aromatic heterocycles. The first-order chi connectivity index (χ1) is 15.9. The van der Waals surface area contributed by atoms with E-state index in [0.717, 1.165) is 16.9 Å². The van der Waals surface area contributed by atoms with Gasteiger partial charge in [0.05, 0.1) is 13.0 Å². The summed E-state index contributed by atoms with van der Waals surface area (Å²) in [6.07, 6.45) is 0.218. The van der Waals surface area contributed by atoms with Crippen LogP contribution in [0.25, 0.3) is 0 Å². The van der Waals surface area contributed by atoms with Crippen molar-refractivity contribution in [3.63, 3.8) is 0 Å². The van der Waals surface area contributed by atoms with Gasteiger partial charge in [-0.2, -0.15) is 0 Å². The van der Waals surface area contributed by atoms with E-state index in [-0.39, 0.29) is 24.8 Å². The van der Waals surface area contributed by atoms with Crippen LogP contribution in [0.15, 0.2) is 72.8 Å². The number of ether oxygens (including phenoxy) is 2. The van der Waals surface area contributed by atoms with Gasteiger partial charge in [-0.15, -0.1) is 0 Å². The first-order valence-corrected chi connectivity index (χ1v) is 10.6.